The van der Waals surface area contributed by atoms with Gasteiger partial charge < -0.3 is 5.32 Å². The van der Waals surface area contributed by atoms with E-state index >= 15 is 0 Å². The Balaban J connectivity index is 1.43. The Morgan fingerprint density at radius 3 is 2.05 bits per heavy atom. The Morgan fingerprint density at radius 2 is 1.53 bits per heavy atom. The van der Waals surface area contributed by atoms with Gasteiger partial charge in [0.15, 0.2) is 0 Å². The molecule has 0 spiro atoms. The quantitative estimate of drug-likeness (QED) is 0.811. The second kappa shape index (κ2) is 4.49. The van der Waals surface area contributed by atoms with Gasteiger partial charge in [0, 0.05) is 12.0 Å². The summed E-state index contributed by atoms with van der Waals surface area (Å²) < 4.78 is 0. The third-order valence-electron chi connectivity index (χ3n) is 6.57. The van der Waals surface area contributed by atoms with Gasteiger partial charge in [-0.05, 0) is 81.0 Å². The topological polar surface area (TPSA) is 29.1 Å². The van der Waals surface area contributed by atoms with Crippen LogP contribution in [0.2, 0.25) is 0 Å². The van der Waals surface area contributed by atoms with Crippen LogP contribution in [0.25, 0.3) is 0 Å². The van der Waals surface area contributed by atoms with Gasteiger partial charge in [0.05, 0.1) is 0 Å². The van der Waals surface area contributed by atoms with Crippen LogP contribution in [-0.4, -0.2) is 11.9 Å². The maximum Gasteiger partial charge on any atom is 0.223 e. The molecule has 0 heterocycles. The van der Waals surface area contributed by atoms with Crippen molar-refractivity contribution in [2.45, 2.75) is 64.3 Å². The molecule has 4 bridgehead atoms. The van der Waals surface area contributed by atoms with Gasteiger partial charge in [0.2, 0.25) is 5.91 Å². The molecule has 5 fully saturated rings. The van der Waals surface area contributed by atoms with Crippen molar-refractivity contribution in [2.24, 2.45) is 35.5 Å². The summed E-state index contributed by atoms with van der Waals surface area (Å²) in [7, 11) is 0. The molecule has 2 heteroatoms. The van der Waals surface area contributed by atoms with Crippen molar-refractivity contribution < 1.29 is 4.79 Å². The van der Waals surface area contributed by atoms with E-state index in [-0.39, 0.29) is 0 Å². The molecule has 0 aromatic rings. The van der Waals surface area contributed by atoms with E-state index in [1.54, 1.807) is 0 Å². The van der Waals surface area contributed by atoms with Crippen LogP contribution in [0, 0.1) is 35.5 Å². The molecule has 5 aliphatic rings. The minimum atomic E-state index is 0.378. The van der Waals surface area contributed by atoms with E-state index in [9.17, 15) is 4.79 Å². The summed E-state index contributed by atoms with van der Waals surface area (Å²) in [6.07, 6.45) is 10.6. The first-order valence-corrected chi connectivity index (χ1v) is 8.49. The van der Waals surface area contributed by atoms with Crippen molar-refractivity contribution >= 4 is 5.91 Å². The highest BCUT2D eigenvalue weighted by Crippen LogP contribution is 2.56. The molecule has 106 valence electrons. The lowest BCUT2D eigenvalue weighted by Gasteiger charge is -2.53. The van der Waals surface area contributed by atoms with E-state index in [1.165, 1.54) is 51.4 Å². The zero-order chi connectivity index (χ0) is 13.0. The second-order valence-corrected chi connectivity index (χ2v) is 8.08. The fourth-order valence-electron chi connectivity index (χ4n) is 5.99. The van der Waals surface area contributed by atoms with Gasteiger partial charge in [-0.2, -0.15) is 0 Å². The Kier molecular flexibility index (Phi) is 2.89. The van der Waals surface area contributed by atoms with Crippen molar-refractivity contribution in [3.63, 3.8) is 0 Å². The van der Waals surface area contributed by atoms with Gasteiger partial charge >= 0.3 is 0 Å². The monoisotopic (exact) mass is 261 g/mol. The van der Waals surface area contributed by atoms with Crippen LogP contribution in [-0.2, 0) is 4.79 Å². The summed E-state index contributed by atoms with van der Waals surface area (Å²) in [5, 5.41) is 3.40. The number of carbonyl (C=O) groups excluding carboxylic acids is 1. The number of rotatable bonds is 2. The van der Waals surface area contributed by atoms with Crippen LogP contribution < -0.4 is 5.32 Å². The van der Waals surface area contributed by atoms with Gasteiger partial charge in [-0.25, -0.2) is 0 Å². The second-order valence-electron chi connectivity index (χ2n) is 8.08. The molecule has 2 nitrogen and oxygen atoms in total. The van der Waals surface area contributed by atoms with Gasteiger partial charge in [-0.1, -0.05) is 6.92 Å². The van der Waals surface area contributed by atoms with Crippen molar-refractivity contribution in [3.05, 3.63) is 0 Å². The lowest BCUT2D eigenvalue weighted by Crippen LogP contribution is -2.52. The average Bonchev–Trinajstić information content (AvgIpc) is 2.73. The number of nitrogens with one attached hydrogen (secondary N) is 1. The molecule has 0 saturated heterocycles. The van der Waals surface area contributed by atoms with Crippen molar-refractivity contribution in [1.29, 1.82) is 0 Å². The van der Waals surface area contributed by atoms with Crippen molar-refractivity contribution in [2.75, 3.05) is 0 Å². The predicted molar refractivity (Wildman–Crippen MR) is 75.5 cm³/mol. The van der Waals surface area contributed by atoms with E-state index in [4.69, 9.17) is 0 Å². The summed E-state index contributed by atoms with van der Waals surface area (Å²) in [6.45, 7) is 2.31. The number of carbonyl (C=O) groups is 1. The third-order valence-corrected chi connectivity index (χ3v) is 6.57. The number of amides is 1. The zero-order valence-electron chi connectivity index (χ0n) is 12.1. The maximum absolute atomic E-state index is 12.7. The predicted octanol–water partition coefficient (Wildman–Crippen LogP) is 3.36. The maximum atomic E-state index is 12.7. The molecule has 1 N–H and O–H groups in total. The molecular weight excluding hydrogens is 234 g/mol. The van der Waals surface area contributed by atoms with Crippen LogP contribution in [0.3, 0.4) is 0 Å². The molecular formula is C17H27NO. The fourth-order valence-corrected chi connectivity index (χ4v) is 5.99. The molecule has 5 saturated carbocycles. The minimum absolute atomic E-state index is 0.378. The molecule has 0 radical (unpaired) electrons. The van der Waals surface area contributed by atoms with E-state index in [2.05, 4.69) is 12.2 Å². The smallest absolute Gasteiger partial charge is 0.223 e. The summed E-state index contributed by atoms with van der Waals surface area (Å²) >= 11 is 0. The average molecular weight is 261 g/mol. The van der Waals surface area contributed by atoms with Gasteiger partial charge in [0.1, 0.15) is 0 Å². The molecule has 2 unspecified atom stereocenters. The molecule has 5 rings (SSSR count). The zero-order valence-corrected chi connectivity index (χ0v) is 12.1. The first-order chi connectivity index (χ1) is 9.19. The van der Waals surface area contributed by atoms with Crippen molar-refractivity contribution in [3.8, 4) is 0 Å². The molecule has 0 aliphatic heterocycles. The lowest BCUT2D eigenvalue weighted by molar-refractivity contribution is -0.138. The van der Waals surface area contributed by atoms with Crippen LogP contribution in [0.4, 0.5) is 0 Å². The van der Waals surface area contributed by atoms with Gasteiger partial charge in [-0.15, -0.1) is 0 Å². The third kappa shape index (κ3) is 2.11. The van der Waals surface area contributed by atoms with E-state index in [0.29, 0.717) is 17.9 Å². The molecule has 1 amide bonds. The van der Waals surface area contributed by atoms with Crippen LogP contribution in [0.1, 0.15) is 58.3 Å². The minimum Gasteiger partial charge on any atom is -0.353 e. The van der Waals surface area contributed by atoms with Gasteiger partial charge in [-0.3, -0.25) is 4.79 Å². The first kappa shape index (κ1) is 12.2. The SMILES string of the molecule is CC1CCC(NC(=O)C2C3CC4CC(C3)CC2C4)C1. The summed E-state index contributed by atoms with van der Waals surface area (Å²) in [4.78, 5) is 12.7. The molecule has 0 aromatic carbocycles. The molecule has 19 heavy (non-hydrogen) atoms. The van der Waals surface area contributed by atoms with Crippen LogP contribution >= 0.6 is 0 Å². The Labute approximate surface area is 116 Å². The Morgan fingerprint density at radius 1 is 0.895 bits per heavy atom. The molecule has 2 atom stereocenters. The highest BCUT2D eigenvalue weighted by Gasteiger charge is 2.50. The van der Waals surface area contributed by atoms with E-state index in [1.807, 2.05) is 0 Å². The Hall–Kier alpha value is -0.530. The van der Waals surface area contributed by atoms with Crippen LogP contribution in [0.15, 0.2) is 0 Å². The Bertz CT molecular complexity index is 349. The molecule has 5 aliphatic carbocycles. The lowest BCUT2D eigenvalue weighted by atomic mass is 9.51. The molecule has 0 aromatic heterocycles. The van der Waals surface area contributed by atoms with Crippen LogP contribution in [0.5, 0.6) is 0 Å². The normalized spacial score (nSPS) is 51.5. The fraction of sp³-hybridized carbons (Fsp3) is 0.941. The standard InChI is InChI=1S/C17H27NO/c1-10-2-3-15(4-10)18-17(19)16-13-6-11-5-12(8-13)9-14(16)7-11/h10-16H,2-9H2,1H3,(H,18,19). The summed E-state index contributed by atoms with van der Waals surface area (Å²) in [5.74, 6) is 5.02. The highest BCUT2D eigenvalue weighted by molar-refractivity contribution is 5.80. The summed E-state index contributed by atoms with van der Waals surface area (Å²) in [5.41, 5.74) is 0. The number of hydrogen-bond acceptors (Lipinski definition) is 1. The summed E-state index contributed by atoms with van der Waals surface area (Å²) in [6, 6.07) is 0.486. The largest absolute Gasteiger partial charge is 0.353 e. The van der Waals surface area contributed by atoms with Gasteiger partial charge in [0.25, 0.3) is 0 Å². The van der Waals surface area contributed by atoms with E-state index < -0.39 is 0 Å². The first-order valence-electron chi connectivity index (χ1n) is 8.49. The highest BCUT2D eigenvalue weighted by atomic mass is 16.2. The number of hydrogen-bond donors (Lipinski definition) is 1. The van der Waals surface area contributed by atoms with E-state index in [0.717, 1.165) is 29.6 Å². The van der Waals surface area contributed by atoms with Crippen molar-refractivity contribution in [1.82, 2.24) is 5.32 Å².